The Morgan fingerprint density at radius 1 is 0.864 bits per heavy atom. The number of hydrogen-bond acceptors (Lipinski definition) is 3. The predicted molar refractivity (Wildman–Crippen MR) is 85.2 cm³/mol. The fourth-order valence-electron chi connectivity index (χ4n) is 3.60. The molecule has 2 fully saturated rings. The molecule has 4 rings (SSSR count). The molecule has 3 atom stereocenters. The maximum absolute atomic E-state index is 6.01. The summed E-state index contributed by atoms with van der Waals surface area (Å²) in [7, 11) is 0. The molecule has 114 valence electrons. The molecule has 0 amide bonds. The average Bonchev–Trinajstić information content (AvgIpc) is 3.00. The molecule has 3 nitrogen and oxygen atoms in total. The van der Waals surface area contributed by atoms with Crippen LogP contribution < -0.4 is 0 Å². The Kier molecular flexibility index (Phi) is 3.94. The van der Waals surface area contributed by atoms with Crippen LogP contribution in [0.5, 0.6) is 0 Å². The zero-order valence-electron chi connectivity index (χ0n) is 12.6. The van der Waals surface area contributed by atoms with Gasteiger partial charge in [0.2, 0.25) is 0 Å². The predicted octanol–water partition coefficient (Wildman–Crippen LogP) is 3.23. The van der Waals surface area contributed by atoms with Gasteiger partial charge in [-0.05, 0) is 11.1 Å². The van der Waals surface area contributed by atoms with Crippen LogP contribution in [0.3, 0.4) is 0 Å². The van der Waals surface area contributed by atoms with Gasteiger partial charge in [0.15, 0.2) is 0 Å². The van der Waals surface area contributed by atoms with Gasteiger partial charge in [-0.15, -0.1) is 0 Å². The van der Waals surface area contributed by atoms with Crippen LogP contribution in [0.2, 0.25) is 0 Å². The smallest absolute Gasteiger partial charge is 0.0737 e. The molecular weight excluding hydrogens is 274 g/mol. The molecule has 3 heteroatoms. The van der Waals surface area contributed by atoms with E-state index in [1.807, 2.05) is 6.07 Å². The highest BCUT2D eigenvalue weighted by Crippen LogP contribution is 2.38. The van der Waals surface area contributed by atoms with Crippen molar-refractivity contribution in [2.75, 3.05) is 19.8 Å². The first-order valence-corrected chi connectivity index (χ1v) is 7.98. The molecule has 0 aromatic heterocycles. The molecule has 22 heavy (non-hydrogen) atoms. The first-order chi connectivity index (χ1) is 10.9. The van der Waals surface area contributed by atoms with Crippen molar-refractivity contribution in [1.82, 2.24) is 5.06 Å². The molecule has 2 saturated heterocycles. The molecule has 2 heterocycles. The Morgan fingerprint density at radius 2 is 1.59 bits per heavy atom. The third kappa shape index (κ3) is 2.68. The molecule has 2 aromatic carbocycles. The fourth-order valence-corrected chi connectivity index (χ4v) is 3.60. The molecular formula is C19H21NO2. The summed E-state index contributed by atoms with van der Waals surface area (Å²) in [6.07, 6.45) is 0. The molecule has 2 aliphatic heterocycles. The highest BCUT2D eigenvalue weighted by Gasteiger charge is 2.43. The minimum atomic E-state index is 0.346. The highest BCUT2D eigenvalue weighted by molar-refractivity contribution is 5.22. The second kappa shape index (κ2) is 6.21. The lowest BCUT2D eigenvalue weighted by molar-refractivity contribution is -0.152. The van der Waals surface area contributed by atoms with Crippen LogP contribution in [0.15, 0.2) is 60.7 Å². The van der Waals surface area contributed by atoms with Crippen LogP contribution in [0.4, 0.5) is 0 Å². The summed E-state index contributed by atoms with van der Waals surface area (Å²) >= 11 is 0. The maximum atomic E-state index is 6.01. The molecule has 0 radical (unpaired) electrons. The van der Waals surface area contributed by atoms with Crippen LogP contribution in [0, 0.1) is 5.92 Å². The topological polar surface area (TPSA) is 21.7 Å². The zero-order valence-corrected chi connectivity index (χ0v) is 12.6. The Morgan fingerprint density at radius 3 is 2.36 bits per heavy atom. The van der Waals surface area contributed by atoms with E-state index in [2.05, 4.69) is 59.7 Å². The van der Waals surface area contributed by atoms with Crippen LogP contribution in [0.25, 0.3) is 0 Å². The first-order valence-electron chi connectivity index (χ1n) is 7.98. The molecule has 2 aliphatic rings. The van der Waals surface area contributed by atoms with E-state index in [4.69, 9.17) is 9.57 Å². The van der Waals surface area contributed by atoms with Crippen LogP contribution >= 0.6 is 0 Å². The van der Waals surface area contributed by atoms with E-state index in [9.17, 15) is 0 Å². The van der Waals surface area contributed by atoms with E-state index >= 15 is 0 Å². The minimum absolute atomic E-state index is 0.346. The normalized spacial score (nSPS) is 28.5. The van der Waals surface area contributed by atoms with E-state index in [0.29, 0.717) is 17.9 Å². The van der Waals surface area contributed by atoms with Gasteiger partial charge < -0.3 is 4.74 Å². The van der Waals surface area contributed by atoms with Crippen LogP contribution in [0.1, 0.15) is 17.0 Å². The van der Waals surface area contributed by atoms with Crippen LogP contribution in [-0.2, 0) is 16.1 Å². The Labute approximate surface area is 131 Å². The van der Waals surface area contributed by atoms with Gasteiger partial charge in [0, 0.05) is 18.4 Å². The Hall–Kier alpha value is -1.68. The van der Waals surface area contributed by atoms with Crippen molar-refractivity contribution in [3.8, 4) is 0 Å². The molecule has 0 N–H and O–H groups in total. The monoisotopic (exact) mass is 295 g/mol. The summed E-state index contributed by atoms with van der Waals surface area (Å²) in [5, 5.41) is 2.12. The standard InChI is InChI=1S/C19H21NO2/c1-3-7-15(8-4-1)11-20-19-14-21-12-17(18(19)13-22-20)16-9-5-2-6-10-16/h1-10,17-19H,11-14H2/t17-,18-,19+/m0/s1. The number of nitrogens with zero attached hydrogens (tertiary/aromatic N) is 1. The second-order valence-electron chi connectivity index (χ2n) is 6.14. The third-order valence-corrected chi connectivity index (χ3v) is 4.81. The van der Waals surface area contributed by atoms with E-state index in [0.717, 1.165) is 26.4 Å². The van der Waals surface area contributed by atoms with Gasteiger partial charge in [0.25, 0.3) is 0 Å². The zero-order chi connectivity index (χ0) is 14.8. The quantitative estimate of drug-likeness (QED) is 0.868. The summed E-state index contributed by atoms with van der Waals surface area (Å²) in [5.74, 6) is 0.945. The summed E-state index contributed by atoms with van der Waals surface area (Å²) in [6.45, 7) is 3.18. The van der Waals surface area contributed by atoms with E-state index in [1.54, 1.807) is 0 Å². The molecule has 0 saturated carbocycles. The van der Waals surface area contributed by atoms with Gasteiger partial charge in [0.05, 0.1) is 25.9 Å². The maximum Gasteiger partial charge on any atom is 0.0737 e. The Bertz CT molecular complexity index is 601. The first kappa shape index (κ1) is 13.9. The van der Waals surface area contributed by atoms with Gasteiger partial charge in [-0.25, -0.2) is 0 Å². The van der Waals surface area contributed by atoms with Crippen molar-refractivity contribution in [2.24, 2.45) is 5.92 Å². The highest BCUT2D eigenvalue weighted by atomic mass is 16.7. The third-order valence-electron chi connectivity index (χ3n) is 4.81. The van der Waals surface area contributed by atoms with E-state index in [1.165, 1.54) is 11.1 Å². The number of hydrogen-bond donors (Lipinski definition) is 0. The summed E-state index contributed by atoms with van der Waals surface area (Å²) in [5.41, 5.74) is 2.65. The summed E-state index contributed by atoms with van der Waals surface area (Å²) in [6, 6.07) is 21.5. The van der Waals surface area contributed by atoms with Crippen molar-refractivity contribution >= 4 is 0 Å². The number of ether oxygens (including phenoxy) is 1. The molecule has 2 aromatic rings. The number of rotatable bonds is 3. The summed E-state index contributed by atoms with van der Waals surface area (Å²) in [4.78, 5) is 6.01. The fraction of sp³-hybridized carbons (Fsp3) is 0.368. The lowest BCUT2D eigenvalue weighted by Gasteiger charge is -2.35. The lowest BCUT2D eigenvalue weighted by atomic mass is 9.81. The minimum Gasteiger partial charge on any atom is -0.379 e. The van der Waals surface area contributed by atoms with Gasteiger partial charge in [0.1, 0.15) is 0 Å². The van der Waals surface area contributed by atoms with Crippen molar-refractivity contribution < 1.29 is 9.57 Å². The number of hydroxylamine groups is 2. The molecule has 0 unspecified atom stereocenters. The van der Waals surface area contributed by atoms with Gasteiger partial charge in [-0.2, -0.15) is 5.06 Å². The van der Waals surface area contributed by atoms with Crippen molar-refractivity contribution in [3.63, 3.8) is 0 Å². The second-order valence-corrected chi connectivity index (χ2v) is 6.14. The SMILES string of the molecule is c1ccc(CN2OC[C@@H]3[C@H]2COC[C@H]3c2ccccc2)cc1. The number of fused-ring (bicyclic) bond motifs is 1. The van der Waals surface area contributed by atoms with Gasteiger partial charge >= 0.3 is 0 Å². The largest absolute Gasteiger partial charge is 0.379 e. The molecule has 0 aliphatic carbocycles. The van der Waals surface area contributed by atoms with Crippen molar-refractivity contribution in [3.05, 3.63) is 71.8 Å². The van der Waals surface area contributed by atoms with Crippen molar-refractivity contribution in [2.45, 2.75) is 18.5 Å². The van der Waals surface area contributed by atoms with Crippen molar-refractivity contribution in [1.29, 1.82) is 0 Å². The van der Waals surface area contributed by atoms with Crippen LogP contribution in [-0.4, -0.2) is 30.9 Å². The van der Waals surface area contributed by atoms with E-state index in [-0.39, 0.29) is 0 Å². The lowest BCUT2D eigenvalue weighted by Crippen LogP contribution is -2.43. The molecule has 0 spiro atoms. The number of benzene rings is 2. The average molecular weight is 295 g/mol. The van der Waals surface area contributed by atoms with Gasteiger partial charge in [-0.3, -0.25) is 4.84 Å². The summed E-state index contributed by atoms with van der Waals surface area (Å²) < 4.78 is 5.90. The van der Waals surface area contributed by atoms with E-state index < -0.39 is 0 Å². The van der Waals surface area contributed by atoms with Gasteiger partial charge in [-0.1, -0.05) is 60.7 Å². The molecule has 0 bridgehead atoms. The Balaban J connectivity index is 1.51.